The van der Waals surface area contributed by atoms with Crippen LogP contribution >= 0.6 is 0 Å². The second-order valence-corrected chi connectivity index (χ2v) is 14.9. The second kappa shape index (κ2) is 10.5. The smallest absolute Gasteiger partial charge is 0.252 e. The molecule has 0 saturated carbocycles. The van der Waals surface area contributed by atoms with Crippen LogP contribution in [-0.2, 0) is 0 Å². The molecule has 0 amide bonds. The number of fused-ring (bicyclic) bond motifs is 14. The number of hydrogen-bond acceptors (Lipinski definition) is 5. The van der Waals surface area contributed by atoms with Crippen LogP contribution in [0.5, 0.6) is 0 Å². The van der Waals surface area contributed by atoms with Crippen molar-refractivity contribution in [2.75, 3.05) is 0 Å². The van der Waals surface area contributed by atoms with Gasteiger partial charge in [-0.3, -0.25) is 38.2 Å². The molecular weight excluding hydrogens is 701 g/mol. The van der Waals surface area contributed by atoms with Crippen LogP contribution in [0, 0.1) is 0 Å². The molecule has 0 unspecified atom stereocenters. The normalized spacial score (nSPS) is 12.9. The largest absolute Gasteiger partial charge is 0.295 e. The Morgan fingerprint density at radius 1 is 0.439 bits per heavy atom. The van der Waals surface area contributed by atoms with Gasteiger partial charge in [0.05, 0.1) is 44.0 Å². The summed E-state index contributed by atoms with van der Waals surface area (Å²) in [5.41, 5.74) is 18.8. The lowest BCUT2D eigenvalue weighted by Gasteiger charge is -2.34. The second-order valence-electron chi connectivity index (χ2n) is 14.9. The minimum Gasteiger partial charge on any atom is -0.295 e. The highest BCUT2D eigenvalue weighted by Crippen LogP contribution is 2.44. The molecule has 262 valence electrons. The van der Waals surface area contributed by atoms with Crippen molar-refractivity contribution in [3.05, 3.63) is 158 Å². The first-order valence-electron chi connectivity index (χ1n) is 19.1. The first-order chi connectivity index (χ1) is 28.3. The van der Waals surface area contributed by atoms with Gasteiger partial charge in [-0.05, 0) is 83.1 Å². The summed E-state index contributed by atoms with van der Waals surface area (Å²) in [4.78, 5) is 25.2. The maximum atomic E-state index is 5.21. The van der Waals surface area contributed by atoms with E-state index in [0.29, 0.717) is 0 Å². The number of aromatic nitrogens is 9. The van der Waals surface area contributed by atoms with Gasteiger partial charge >= 0.3 is 0 Å². The number of pyridine rings is 3. The zero-order chi connectivity index (χ0) is 36.9. The summed E-state index contributed by atoms with van der Waals surface area (Å²) in [6.45, 7) is -0.0826. The molecule has 8 aromatic heterocycles. The number of rotatable bonds is 3. The SMILES string of the molecule is c1ccc(-n2c3ccccc3c3c4nccc5c4n(c32)-c2cc(-c3ccccn3)cc3c2B5c2ccnc4c5c6nccnc6n(-c6ccccc6)c5n-3c24)cc1. The Morgan fingerprint density at radius 3 is 1.74 bits per heavy atom. The van der Waals surface area contributed by atoms with E-state index in [9.17, 15) is 0 Å². The van der Waals surface area contributed by atoms with E-state index in [1.807, 2.05) is 30.7 Å². The fourth-order valence-corrected chi connectivity index (χ4v) is 10.1. The summed E-state index contributed by atoms with van der Waals surface area (Å²) in [7, 11) is 0. The molecule has 0 radical (unpaired) electrons. The lowest BCUT2D eigenvalue weighted by molar-refractivity contribution is 1.04. The van der Waals surface area contributed by atoms with E-state index < -0.39 is 0 Å². The number of para-hydroxylation sites is 3. The lowest BCUT2D eigenvalue weighted by atomic mass is 9.34. The van der Waals surface area contributed by atoms with E-state index in [2.05, 4.69) is 134 Å². The van der Waals surface area contributed by atoms with Crippen LogP contribution in [0.4, 0.5) is 0 Å². The third kappa shape index (κ3) is 3.54. The van der Waals surface area contributed by atoms with E-state index in [0.717, 1.165) is 94.8 Å². The predicted molar refractivity (Wildman–Crippen MR) is 228 cm³/mol. The van der Waals surface area contributed by atoms with Crippen LogP contribution < -0.4 is 16.4 Å². The van der Waals surface area contributed by atoms with Crippen molar-refractivity contribution in [2.45, 2.75) is 0 Å². The Kier molecular flexibility index (Phi) is 5.42. The molecule has 0 N–H and O–H groups in total. The standard InChI is InChI=1S/C47H26BN9/c1-3-11-28(12-4-1)54-34-17-8-7-15-30(34)37-40-43-31(18-21-50-40)48-32-19-22-51-41-38-42-45(53-24-23-52-42)55(29-13-5-2-6-14-29)47(38)57(44(32)41)36-26-27(33-16-9-10-20-49-33)25-35(39(36)48)56(43)46(37)54/h1-26H. The predicted octanol–water partition coefficient (Wildman–Crippen LogP) is 7.55. The maximum absolute atomic E-state index is 5.21. The summed E-state index contributed by atoms with van der Waals surface area (Å²) in [6, 6.07) is 45.1. The first-order valence-corrected chi connectivity index (χ1v) is 19.1. The van der Waals surface area contributed by atoms with Crippen LogP contribution in [0.2, 0.25) is 0 Å². The van der Waals surface area contributed by atoms with Crippen molar-refractivity contribution >= 4 is 89.3 Å². The Hall–Kier alpha value is -7.85. The third-order valence-electron chi connectivity index (χ3n) is 12.2. The van der Waals surface area contributed by atoms with Crippen molar-refractivity contribution in [1.82, 2.24) is 43.2 Å². The van der Waals surface area contributed by atoms with Crippen molar-refractivity contribution in [2.24, 2.45) is 0 Å². The highest BCUT2D eigenvalue weighted by Gasteiger charge is 2.43. The molecule has 2 aliphatic heterocycles. The molecule has 57 heavy (non-hydrogen) atoms. The van der Waals surface area contributed by atoms with Gasteiger partial charge in [0.2, 0.25) is 0 Å². The van der Waals surface area contributed by atoms with Gasteiger partial charge in [0.1, 0.15) is 16.8 Å². The highest BCUT2D eigenvalue weighted by atomic mass is 15.2. The Labute approximate surface area is 323 Å². The molecule has 10 heterocycles. The van der Waals surface area contributed by atoms with Gasteiger partial charge in [-0.2, -0.15) is 0 Å². The summed E-state index contributed by atoms with van der Waals surface area (Å²) in [5.74, 6) is 0. The van der Waals surface area contributed by atoms with Gasteiger partial charge in [-0.15, -0.1) is 0 Å². The average Bonchev–Trinajstić information content (AvgIpc) is 4.00. The fraction of sp³-hybridized carbons (Fsp3) is 0. The molecule has 0 spiro atoms. The lowest BCUT2D eigenvalue weighted by Crippen LogP contribution is -2.59. The van der Waals surface area contributed by atoms with Crippen molar-refractivity contribution in [3.8, 4) is 34.0 Å². The Morgan fingerprint density at radius 2 is 1.04 bits per heavy atom. The Bertz CT molecular complexity index is 3470. The van der Waals surface area contributed by atoms with Gasteiger partial charge in [-0.1, -0.05) is 60.7 Å². The maximum Gasteiger partial charge on any atom is 0.252 e. The molecular formula is C47H26BN9. The quantitative estimate of drug-likeness (QED) is 0.176. The van der Waals surface area contributed by atoms with Crippen LogP contribution in [0.3, 0.4) is 0 Å². The van der Waals surface area contributed by atoms with Gasteiger partial charge < -0.3 is 0 Å². The fourth-order valence-electron chi connectivity index (χ4n) is 10.1. The zero-order valence-electron chi connectivity index (χ0n) is 30.1. The van der Waals surface area contributed by atoms with Crippen molar-refractivity contribution in [3.63, 3.8) is 0 Å². The van der Waals surface area contributed by atoms with E-state index >= 15 is 0 Å². The van der Waals surface area contributed by atoms with Crippen molar-refractivity contribution < 1.29 is 0 Å². The molecule has 0 fully saturated rings. The van der Waals surface area contributed by atoms with E-state index in [4.69, 9.17) is 24.9 Å². The van der Waals surface area contributed by atoms with Crippen LogP contribution in [0.1, 0.15) is 0 Å². The molecule has 2 aliphatic rings. The molecule has 0 bridgehead atoms. The van der Waals surface area contributed by atoms with Gasteiger partial charge in [-0.25, -0.2) is 4.98 Å². The van der Waals surface area contributed by atoms with E-state index in [-0.39, 0.29) is 6.71 Å². The molecule has 0 saturated heterocycles. The van der Waals surface area contributed by atoms with Gasteiger partial charge in [0, 0.05) is 64.7 Å². The minimum absolute atomic E-state index is 0.0826. The van der Waals surface area contributed by atoms with Crippen LogP contribution in [0.25, 0.3) is 100 Å². The highest BCUT2D eigenvalue weighted by molar-refractivity contribution is 7.00. The molecule has 12 aromatic rings. The summed E-state index contributed by atoms with van der Waals surface area (Å²) in [5, 5.41) is 3.30. The van der Waals surface area contributed by atoms with Gasteiger partial charge in [0.25, 0.3) is 6.71 Å². The molecule has 0 aliphatic carbocycles. The average molecular weight is 728 g/mol. The number of nitrogens with zero attached hydrogens (tertiary/aromatic N) is 9. The van der Waals surface area contributed by atoms with E-state index in [1.54, 1.807) is 12.4 Å². The summed E-state index contributed by atoms with van der Waals surface area (Å²) in [6.07, 6.45) is 9.40. The number of hydrogen-bond donors (Lipinski definition) is 0. The monoisotopic (exact) mass is 727 g/mol. The number of benzene rings is 4. The summed E-state index contributed by atoms with van der Waals surface area (Å²) >= 11 is 0. The molecule has 0 atom stereocenters. The first kappa shape index (κ1) is 29.5. The summed E-state index contributed by atoms with van der Waals surface area (Å²) < 4.78 is 9.58. The van der Waals surface area contributed by atoms with E-state index in [1.165, 1.54) is 21.8 Å². The molecule has 9 nitrogen and oxygen atoms in total. The van der Waals surface area contributed by atoms with Crippen molar-refractivity contribution in [1.29, 1.82) is 0 Å². The molecule has 4 aromatic carbocycles. The topological polar surface area (TPSA) is 84.2 Å². The van der Waals surface area contributed by atoms with Crippen LogP contribution in [-0.4, -0.2) is 49.9 Å². The Balaban J connectivity index is 1.24. The minimum atomic E-state index is -0.0826. The third-order valence-corrected chi connectivity index (χ3v) is 12.2. The zero-order valence-corrected chi connectivity index (χ0v) is 30.1. The molecule has 14 rings (SSSR count). The molecule has 10 heteroatoms. The van der Waals surface area contributed by atoms with Gasteiger partial charge in [0.15, 0.2) is 5.65 Å². The van der Waals surface area contributed by atoms with Crippen LogP contribution in [0.15, 0.2) is 158 Å².